The van der Waals surface area contributed by atoms with Crippen LogP contribution in [0.15, 0.2) is 43.0 Å². The monoisotopic (exact) mass is 563 g/mol. The van der Waals surface area contributed by atoms with Crippen molar-refractivity contribution in [2.45, 2.75) is 45.1 Å². The van der Waals surface area contributed by atoms with Gasteiger partial charge in [0.15, 0.2) is 11.5 Å². The largest absolute Gasteiger partial charge is 0.491 e. The third-order valence-corrected chi connectivity index (χ3v) is 6.27. The lowest BCUT2D eigenvalue weighted by atomic mass is 9.66. The van der Waals surface area contributed by atoms with E-state index in [1.54, 1.807) is 45.2 Å². The van der Waals surface area contributed by atoms with Crippen LogP contribution in [0.2, 0.25) is 0 Å². The van der Waals surface area contributed by atoms with Crippen molar-refractivity contribution >= 4 is 28.8 Å². The molecule has 0 unspecified atom stereocenters. The van der Waals surface area contributed by atoms with E-state index in [4.69, 9.17) is 14.7 Å². The first-order valence-electron chi connectivity index (χ1n) is 12.7. The highest BCUT2D eigenvalue weighted by atomic mass is 19.3. The summed E-state index contributed by atoms with van der Waals surface area (Å²) in [4.78, 5) is 29.2. The van der Waals surface area contributed by atoms with E-state index in [2.05, 4.69) is 40.8 Å². The number of nitriles is 1. The smallest absolute Gasteiger partial charge is 0.407 e. The van der Waals surface area contributed by atoms with E-state index in [1.165, 1.54) is 18.6 Å². The summed E-state index contributed by atoms with van der Waals surface area (Å²) < 4.78 is 39.5. The molecule has 1 saturated carbocycles. The van der Waals surface area contributed by atoms with Crippen LogP contribution in [0, 0.1) is 16.7 Å². The maximum atomic E-state index is 14.1. The van der Waals surface area contributed by atoms with Crippen LogP contribution in [0.3, 0.4) is 0 Å². The van der Waals surface area contributed by atoms with Gasteiger partial charge in [0, 0.05) is 37.1 Å². The number of hydrogen-bond donors (Lipinski definition) is 3. The molecule has 14 heteroatoms. The first-order chi connectivity index (χ1) is 19.4. The molecule has 41 heavy (non-hydrogen) atoms. The van der Waals surface area contributed by atoms with Gasteiger partial charge in [-0.1, -0.05) is 0 Å². The lowest BCUT2D eigenvalue weighted by molar-refractivity contribution is -0.170. The number of fused-ring (bicyclic) bond motifs is 1. The number of alkyl halides is 2. The summed E-state index contributed by atoms with van der Waals surface area (Å²) in [6.07, 6.45) is 4.27. The summed E-state index contributed by atoms with van der Waals surface area (Å²) in [6, 6.07) is 7.14. The van der Waals surface area contributed by atoms with Gasteiger partial charge in [0.25, 0.3) is 0 Å². The Hall–Kier alpha value is -4.93. The van der Waals surface area contributed by atoms with Crippen LogP contribution in [0.1, 0.15) is 39.3 Å². The molecule has 0 aromatic carbocycles. The zero-order valence-electron chi connectivity index (χ0n) is 22.5. The molecule has 4 aromatic heterocycles. The molecule has 1 amide bonds. The highest BCUT2D eigenvalue weighted by molar-refractivity contribution is 5.93. The topological polar surface area (TPSA) is 164 Å². The van der Waals surface area contributed by atoms with Crippen LogP contribution in [-0.4, -0.2) is 60.9 Å². The van der Waals surface area contributed by atoms with Crippen LogP contribution < -0.4 is 15.4 Å². The summed E-state index contributed by atoms with van der Waals surface area (Å²) >= 11 is 0. The molecule has 12 nitrogen and oxygen atoms in total. The molecule has 0 spiro atoms. The van der Waals surface area contributed by atoms with Gasteiger partial charge in [-0.3, -0.25) is 15.1 Å². The minimum absolute atomic E-state index is 0.0458. The number of aromatic nitrogens is 6. The Morgan fingerprint density at radius 2 is 1.95 bits per heavy atom. The number of nitrogens with zero attached hydrogens (tertiary/aromatic N) is 6. The Morgan fingerprint density at radius 3 is 2.63 bits per heavy atom. The normalized spacial score (nSPS) is 15.4. The molecule has 1 aliphatic carbocycles. The fraction of sp³-hybridized carbons (Fsp3) is 0.370. The molecule has 3 N–H and O–H groups in total. The van der Waals surface area contributed by atoms with Crippen LogP contribution in [0.5, 0.6) is 5.75 Å². The van der Waals surface area contributed by atoms with Gasteiger partial charge in [-0.15, -0.1) is 0 Å². The Bertz CT molecular complexity index is 1600. The molecule has 0 bridgehead atoms. The molecule has 1 fully saturated rings. The van der Waals surface area contributed by atoms with Gasteiger partial charge in [0.1, 0.15) is 28.8 Å². The minimum Gasteiger partial charge on any atom is -0.491 e. The number of hydrogen-bond acceptors (Lipinski definition) is 10. The first kappa shape index (κ1) is 27.6. The molecule has 212 valence electrons. The molecule has 1 aliphatic rings. The lowest BCUT2D eigenvalue weighted by Crippen LogP contribution is -2.55. The fourth-order valence-corrected chi connectivity index (χ4v) is 4.60. The number of ether oxygens (including phenoxy) is 2. The standard InChI is InChI=1S/C27H27F2N9O3/c1-25(2,3)41-24(39)35-14-26(12-27(28,29)13-26)15-40-19-10-33-17-5-4-6-31-23(17)22(19)18-7-20(38-37-18)36-21-11-32-16(8-30)9-34-21/h4-7,9-11H,12-15H2,1-3H3,(H,35,39)(H2,34,36,37,38). The molecule has 4 aromatic rings. The van der Waals surface area contributed by atoms with Gasteiger partial charge in [-0.25, -0.2) is 23.5 Å². The predicted octanol–water partition coefficient (Wildman–Crippen LogP) is 4.74. The van der Waals surface area contributed by atoms with Crippen molar-refractivity contribution in [3.05, 3.63) is 48.7 Å². The number of halogens is 2. The van der Waals surface area contributed by atoms with Gasteiger partial charge in [-0.2, -0.15) is 10.4 Å². The first-order valence-corrected chi connectivity index (χ1v) is 12.7. The van der Waals surface area contributed by atoms with Gasteiger partial charge in [0.2, 0.25) is 5.92 Å². The van der Waals surface area contributed by atoms with E-state index in [1.807, 2.05) is 6.07 Å². The second-order valence-electron chi connectivity index (χ2n) is 10.9. The van der Waals surface area contributed by atoms with Crippen molar-refractivity contribution in [2.24, 2.45) is 5.41 Å². The molecule has 5 rings (SSSR count). The Kier molecular flexibility index (Phi) is 7.12. The number of alkyl carbamates (subject to hydrolysis) is 1. The maximum Gasteiger partial charge on any atom is 0.407 e. The Balaban J connectivity index is 1.39. The predicted molar refractivity (Wildman–Crippen MR) is 143 cm³/mol. The van der Waals surface area contributed by atoms with E-state index in [0.717, 1.165) is 0 Å². The van der Waals surface area contributed by atoms with Crippen molar-refractivity contribution in [1.82, 2.24) is 35.5 Å². The highest BCUT2D eigenvalue weighted by Gasteiger charge is 2.57. The average Bonchev–Trinajstić information content (AvgIpc) is 3.36. The number of carbonyl (C=O) groups is 1. The van der Waals surface area contributed by atoms with Gasteiger partial charge < -0.3 is 20.1 Å². The van der Waals surface area contributed by atoms with Crippen molar-refractivity contribution in [1.29, 1.82) is 5.26 Å². The van der Waals surface area contributed by atoms with Crippen molar-refractivity contribution < 1.29 is 23.0 Å². The summed E-state index contributed by atoms with van der Waals surface area (Å²) in [7, 11) is 0. The molecule has 0 aliphatic heterocycles. The number of rotatable bonds is 8. The maximum absolute atomic E-state index is 14.1. The highest BCUT2D eigenvalue weighted by Crippen LogP contribution is 2.52. The summed E-state index contributed by atoms with van der Waals surface area (Å²) in [5, 5.41) is 21.8. The van der Waals surface area contributed by atoms with E-state index in [-0.39, 0.29) is 18.8 Å². The quantitative estimate of drug-likeness (QED) is 0.273. The fourth-order valence-electron chi connectivity index (χ4n) is 4.60. The second kappa shape index (κ2) is 10.6. The molecule has 0 radical (unpaired) electrons. The van der Waals surface area contributed by atoms with E-state index in [9.17, 15) is 13.6 Å². The van der Waals surface area contributed by atoms with Crippen LogP contribution in [-0.2, 0) is 4.74 Å². The van der Waals surface area contributed by atoms with Crippen LogP contribution >= 0.6 is 0 Å². The van der Waals surface area contributed by atoms with E-state index < -0.39 is 35.9 Å². The summed E-state index contributed by atoms with van der Waals surface area (Å²) in [5.74, 6) is -1.77. The second-order valence-corrected chi connectivity index (χ2v) is 10.9. The van der Waals surface area contributed by atoms with E-state index in [0.29, 0.717) is 39.7 Å². The van der Waals surface area contributed by atoms with Gasteiger partial charge in [-0.05, 0) is 32.9 Å². The van der Waals surface area contributed by atoms with Crippen molar-refractivity contribution in [2.75, 3.05) is 18.5 Å². The zero-order valence-corrected chi connectivity index (χ0v) is 22.5. The molecule has 0 saturated heterocycles. The number of pyridine rings is 2. The summed E-state index contributed by atoms with van der Waals surface area (Å²) in [6.45, 7) is 5.01. The Morgan fingerprint density at radius 1 is 1.15 bits per heavy atom. The molecular formula is C27H27F2N9O3. The van der Waals surface area contributed by atoms with Crippen LogP contribution in [0.25, 0.3) is 22.3 Å². The van der Waals surface area contributed by atoms with Crippen molar-refractivity contribution in [3.8, 4) is 23.1 Å². The van der Waals surface area contributed by atoms with Crippen LogP contribution in [0.4, 0.5) is 25.2 Å². The number of aromatic amines is 1. The van der Waals surface area contributed by atoms with Crippen molar-refractivity contribution in [3.63, 3.8) is 0 Å². The Labute approximate surface area is 233 Å². The average molecular weight is 564 g/mol. The number of carbonyl (C=O) groups excluding carboxylic acids is 1. The van der Waals surface area contributed by atoms with Gasteiger partial charge in [0.05, 0.1) is 42.0 Å². The summed E-state index contributed by atoms with van der Waals surface area (Å²) in [5.41, 5.74) is 0.606. The van der Waals surface area contributed by atoms with E-state index >= 15 is 0 Å². The lowest BCUT2D eigenvalue weighted by Gasteiger charge is -2.47. The third kappa shape index (κ3) is 6.46. The third-order valence-electron chi connectivity index (χ3n) is 6.27. The number of anilines is 2. The zero-order chi connectivity index (χ0) is 29.3. The molecule has 0 atom stereocenters. The minimum atomic E-state index is -2.86. The molecular weight excluding hydrogens is 536 g/mol. The number of nitrogens with one attached hydrogen (secondary N) is 3. The molecule has 4 heterocycles. The number of H-pyrrole nitrogens is 1. The van der Waals surface area contributed by atoms with Gasteiger partial charge >= 0.3 is 6.09 Å². The SMILES string of the molecule is CC(C)(C)OC(=O)NCC1(COc2cnc3cccnc3c2-c2cc(Nc3cnc(C#N)cn3)n[nH]2)CC(F)(F)C1. The number of amides is 1.